The van der Waals surface area contributed by atoms with Crippen LogP contribution in [0.2, 0.25) is 0 Å². The first kappa shape index (κ1) is 14.7. The van der Waals surface area contributed by atoms with Crippen LogP contribution in [-0.2, 0) is 6.54 Å². The summed E-state index contributed by atoms with van der Waals surface area (Å²) in [6.07, 6.45) is 1.62. The number of nitrogens with zero attached hydrogens (tertiary/aromatic N) is 1. The second-order valence-corrected chi connectivity index (χ2v) is 5.84. The molecule has 2 aromatic rings. The minimum atomic E-state index is -0.195. The molecule has 0 fully saturated rings. The number of carbonyl (C=O) groups is 1. The van der Waals surface area contributed by atoms with Gasteiger partial charge in [0.1, 0.15) is 0 Å². The third-order valence-corrected chi connectivity index (χ3v) is 3.79. The molecule has 0 radical (unpaired) electrons. The first-order chi connectivity index (χ1) is 9.49. The van der Waals surface area contributed by atoms with Gasteiger partial charge in [-0.05, 0) is 39.5 Å². The van der Waals surface area contributed by atoms with Crippen molar-refractivity contribution in [1.82, 2.24) is 4.57 Å². The molecule has 2 rings (SSSR count). The van der Waals surface area contributed by atoms with Gasteiger partial charge in [0.2, 0.25) is 0 Å². The number of ketones is 1. The summed E-state index contributed by atoms with van der Waals surface area (Å²) in [6, 6.07) is 11.0. The monoisotopic (exact) mass is 333 g/mol. The van der Waals surface area contributed by atoms with Gasteiger partial charge in [0, 0.05) is 11.8 Å². The van der Waals surface area contributed by atoms with E-state index in [0.717, 1.165) is 0 Å². The van der Waals surface area contributed by atoms with Crippen LogP contribution < -0.4 is 5.56 Å². The molecule has 1 heterocycles. The Balaban J connectivity index is 2.20. The highest BCUT2D eigenvalue weighted by atomic mass is 79.9. The van der Waals surface area contributed by atoms with Crippen molar-refractivity contribution >= 4 is 21.7 Å². The number of carbonyl (C=O) groups excluding carboxylic acids is 1. The minimum absolute atomic E-state index is 0.0549. The van der Waals surface area contributed by atoms with Crippen molar-refractivity contribution in [3.05, 3.63) is 68.5 Å². The summed E-state index contributed by atoms with van der Waals surface area (Å²) >= 11 is 3.17. The van der Waals surface area contributed by atoms with Crippen molar-refractivity contribution in [1.29, 1.82) is 0 Å². The molecule has 0 bridgehead atoms. The van der Waals surface area contributed by atoms with Crippen LogP contribution in [0, 0.1) is 0 Å². The Morgan fingerprint density at radius 2 is 1.85 bits per heavy atom. The molecular formula is C16H16BrNO2. The zero-order valence-corrected chi connectivity index (χ0v) is 13.1. The van der Waals surface area contributed by atoms with Gasteiger partial charge in [0.05, 0.1) is 11.0 Å². The lowest BCUT2D eigenvalue weighted by Crippen LogP contribution is -2.24. The van der Waals surface area contributed by atoms with E-state index in [1.54, 1.807) is 18.3 Å². The average molecular weight is 334 g/mol. The maximum absolute atomic E-state index is 12.2. The molecule has 0 saturated carbocycles. The van der Waals surface area contributed by atoms with Gasteiger partial charge < -0.3 is 4.57 Å². The zero-order chi connectivity index (χ0) is 14.7. The number of rotatable bonds is 4. The predicted molar refractivity (Wildman–Crippen MR) is 83.3 cm³/mol. The molecule has 0 unspecified atom stereocenters. The maximum atomic E-state index is 12.2. The normalized spacial score (nSPS) is 10.8. The van der Waals surface area contributed by atoms with E-state index in [-0.39, 0.29) is 17.9 Å². The lowest BCUT2D eigenvalue weighted by Gasteiger charge is -2.08. The molecule has 1 aromatic heterocycles. The number of Topliss-reactive ketones (excluding diaryl/α,β-unsaturated/α-hetero) is 1. The fourth-order valence-corrected chi connectivity index (χ4v) is 2.31. The number of halogens is 1. The molecule has 0 aliphatic heterocycles. The van der Waals surface area contributed by atoms with Crippen molar-refractivity contribution in [3.63, 3.8) is 0 Å². The van der Waals surface area contributed by atoms with Crippen LogP contribution in [0.25, 0.3) is 0 Å². The largest absolute Gasteiger partial charge is 0.307 e. The quantitative estimate of drug-likeness (QED) is 0.801. The summed E-state index contributed by atoms with van der Waals surface area (Å²) < 4.78 is 1.87. The summed E-state index contributed by atoms with van der Waals surface area (Å²) in [4.78, 5) is 24.0. The molecule has 104 valence electrons. The summed E-state index contributed by atoms with van der Waals surface area (Å²) in [6.45, 7) is 4.27. The molecule has 0 aliphatic carbocycles. The molecule has 4 heteroatoms. The van der Waals surface area contributed by atoms with Gasteiger partial charge in [-0.1, -0.05) is 38.1 Å². The standard InChI is InChI=1S/C16H16BrNO2/c1-11(2)12-5-7-13(8-6-12)15(19)10-18-9-3-4-14(17)16(18)20/h3-9,11H,10H2,1-2H3. The summed E-state index contributed by atoms with van der Waals surface area (Å²) in [7, 11) is 0. The molecule has 3 nitrogen and oxygen atoms in total. The fourth-order valence-electron chi connectivity index (χ4n) is 1.93. The van der Waals surface area contributed by atoms with Crippen molar-refractivity contribution in [2.24, 2.45) is 0 Å². The van der Waals surface area contributed by atoms with Crippen LogP contribution in [0.1, 0.15) is 35.7 Å². The zero-order valence-electron chi connectivity index (χ0n) is 11.5. The van der Waals surface area contributed by atoms with Crippen LogP contribution in [0.3, 0.4) is 0 Å². The molecule has 20 heavy (non-hydrogen) atoms. The van der Waals surface area contributed by atoms with Gasteiger partial charge in [-0.3, -0.25) is 9.59 Å². The van der Waals surface area contributed by atoms with Crippen LogP contribution in [0.15, 0.2) is 51.9 Å². The number of aromatic nitrogens is 1. The van der Waals surface area contributed by atoms with E-state index in [1.165, 1.54) is 10.1 Å². The Bertz CT molecular complexity index is 672. The Hall–Kier alpha value is -1.68. The van der Waals surface area contributed by atoms with Gasteiger partial charge in [-0.2, -0.15) is 0 Å². The van der Waals surface area contributed by atoms with Crippen LogP contribution in [-0.4, -0.2) is 10.4 Å². The van der Waals surface area contributed by atoms with Gasteiger partial charge in [-0.25, -0.2) is 0 Å². The second kappa shape index (κ2) is 6.18. The van der Waals surface area contributed by atoms with Crippen molar-refractivity contribution < 1.29 is 4.79 Å². The smallest absolute Gasteiger partial charge is 0.265 e. The van der Waals surface area contributed by atoms with Crippen LogP contribution >= 0.6 is 15.9 Å². The van der Waals surface area contributed by atoms with E-state index < -0.39 is 0 Å². The molecule has 0 spiro atoms. The first-order valence-corrected chi connectivity index (χ1v) is 7.26. The average Bonchev–Trinajstić information content (AvgIpc) is 2.44. The Morgan fingerprint density at radius 3 is 2.45 bits per heavy atom. The lowest BCUT2D eigenvalue weighted by atomic mass is 10.0. The van der Waals surface area contributed by atoms with Crippen LogP contribution in [0.5, 0.6) is 0 Å². The van der Waals surface area contributed by atoms with E-state index in [1.807, 2.05) is 24.3 Å². The second-order valence-electron chi connectivity index (χ2n) is 4.99. The fraction of sp³-hybridized carbons (Fsp3) is 0.250. The van der Waals surface area contributed by atoms with Crippen molar-refractivity contribution in [3.8, 4) is 0 Å². The highest BCUT2D eigenvalue weighted by Gasteiger charge is 2.09. The van der Waals surface area contributed by atoms with E-state index in [2.05, 4.69) is 29.8 Å². The number of pyridine rings is 1. The lowest BCUT2D eigenvalue weighted by molar-refractivity contribution is 0.0970. The topological polar surface area (TPSA) is 39.1 Å². The van der Waals surface area contributed by atoms with Gasteiger partial charge in [0.15, 0.2) is 5.78 Å². The van der Waals surface area contributed by atoms with Crippen LogP contribution in [0.4, 0.5) is 0 Å². The summed E-state index contributed by atoms with van der Waals surface area (Å²) in [5.41, 5.74) is 1.63. The van der Waals surface area contributed by atoms with Crippen molar-refractivity contribution in [2.45, 2.75) is 26.3 Å². The Morgan fingerprint density at radius 1 is 1.20 bits per heavy atom. The molecule has 0 aliphatic rings. The number of hydrogen-bond acceptors (Lipinski definition) is 2. The van der Waals surface area contributed by atoms with E-state index in [0.29, 0.717) is 16.0 Å². The van der Waals surface area contributed by atoms with Gasteiger partial charge >= 0.3 is 0 Å². The Labute approximate surface area is 126 Å². The number of hydrogen-bond donors (Lipinski definition) is 0. The number of benzene rings is 1. The SMILES string of the molecule is CC(C)c1ccc(C(=O)Cn2cccc(Br)c2=O)cc1. The van der Waals surface area contributed by atoms with Gasteiger partial charge in [-0.15, -0.1) is 0 Å². The highest BCUT2D eigenvalue weighted by Crippen LogP contribution is 2.15. The highest BCUT2D eigenvalue weighted by molar-refractivity contribution is 9.10. The minimum Gasteiger partial charge on any atom is -0.307 e. The van der Waals surface area contributed by atoms with E-state index >= 15 is 0 Å². The predicted octanol–water partition coefficient (Wildman–Crippen LogP) is 3.62. The molecule has 0 saturated heterocycles. The molecule has 0 N–H and O–H groups in total. The van der Waals surface area contributed by atoms with E-state index in [9.17, 15) is 9.59 Å². The van der Waals surface area contributed by atoms with E-state index in [4.69, 9.17) is 0 Å². The van der Waals surface area contributed by atoms with Gasteiger partial charge in [0.25, 0.3) is 5.56 Å². The molecular weight excluding hydrogens is 318 g/mol. The first-order valence-electron chi connectivity index (χ1n) is 6.47. The third-order valence-electron chi connectivity index (χ3n) is 3.19. The maximum Gasteiger partial charge on any atom is 0.265 e. The molecule has 1 aromatic carbocycles. The third kappa shape index (κ3) is 3.25. The summed E-state index contributed by atoms with van der Waals surface area (Å²) in [5, 5.41) is 0. The molecule has 0 amide bonds. The summed E-state index contributed by atoms with van der Waals surface area (Å²) in [5.74, 6) is 0.368. The Kier molecular flexibility index (Phi) is 4.55. The van der Waals surface area contributed by atoms with Crippen molar-refractivity contribution in [2.75, 3.05) is 0 Å². The molecule has 0 atom stereocenters.